The van der Waals surface area contributed by atoms with Crippen LogP contribution in [0.3, 0.4) is 0 Å². The molecule has 2 nitrogen and oxygen atoms in total. The second kappa shape index (κ2) is 2.06. The molecule has 1 heterocycles. The highest BCUT2D eigenvalue weighted by molar-refractivity contribution is 5.62. The first-order valence-electron chi connectivity index (χ1n) is 3.56. The molecule has 0 unspecified atom stereocenters. The third kappa shape index (κ3) is 0.870. The number of carbonyl (C=O) groups is 1. The van der Waals surface area contributed by atoms with Gasteiger partial charge in [-0.2, -0.15) is 0 Å². The van der Waals surface area contributed by atoms with Gasteiger partial charge >= 0.3 is 0 Å². The fourth-order valence-corrected chi connectivity index (χ4v) is 1.000. The van der Waals surface area contributed by atoms with E-state index >= 15 is 0 Å². The van der Waals surface area contributed by atoms with Crippen LogP contribution in [-0.4, -0.2) is 19.5 Å². The average Bonchev–Trinajstić information content (AvgIpc) is 1.58. The van der Waals surface area contributed by atoms with Crippen LogP contribution in [0.5, 0.6) is 0 Å². The Hall–Kier alpha value is -0.370. The Morgan fingerprint density at radius 1 is 1.40 bits per heavy atom. The van der Waals surface area contributed by atoms with Crippen molar-refractivity contribution in [1.82, 2.24) is 0 Å². The summed E-state index contributed by atoms with van der Waals surface area (Å²) in [5, 5.41) is 0. The molecule has 1 aliphatic rings. The molecule has 2 heteroatoms. The molecule has 0 aromatic rings. The average molecular weight is 142 g/mol. The Bertz CT molecular complexity index is 140. The number of ether oxygens (including phenoxy) is 1. The van der Waals surface area contributed by atoms with Gasteiger partial charge in [-0.1, -0.05) is 20.8 Å². The van der Waals surface area contributed by atoms with Crippen LogP contribution in [0.4, 0.5) is 0 Å². The van der Waals surface area contributed by atoms with Crippen LogP contribution < -0.4 is 0 Å². The molecule has 1 saturated heterocycles. The Labute approximate surface area is 61.6 Å². The summed E-state index contributed by atoms with van der Waals surface area (Å²) in [5.74, 6) is 0. The minimum atomic E-state index is -0.201. The zero-order valence-corrected chi connectivity index (χ0v) is 6.81. The first-order chi connectivity index (χ1) is 4.52. The minimum absolute atomic E-state index is 0.0486. The molecule has 0 radical (unpaired) electrons. The largest absolute Gasteiger partial charge is 0.379 e. The molecular formula is C8H14O2. The van der Waals surface area contributed by atoms with Crippen molar-refractivity contribution in [2.75, 3.05) is 13.2 Å². The van der Waals surface area contributed by atoms with E-state index in [1.54, 1.807) is 0 Å². The van der Waals surface area contributed by atoms with Crippen molar-refractivity contribution in [1.29, 1.82) is 0 Å². The smallest absolute Gasteiger partial charge is 0.131 e. The first-order valence-corrected chi connectivity index (χ1v) is 3.56. The van der Waals surface area contributed by atoms with Crippen LogP contribution in [0.1, 0.15) is 20.8 Å². The molecule has 0 bridgehead atoms. The summed E-state index contributed by atoms with van der Waals surface area (Å²) in [6, 6.07) is 0. The third-order valence-electron chi connectivity index (χ3n) is 2.44. The molecule has 10 heavy (non-hydrogen) atoms. The molecule has 58 valence electrons. The summed E-state index contributed by atoms with van der Waals surface area (Å²) in [4.78, 5) is 10.7. The lowest BCUT2D eigenvalue weighted by Gasteiger charge is -2.46. The Morgan fingerprint density at radius 3 is 1.90 bits per heavy atom. The Morgan fingerprint density at radius 2 is 1.90 bits per heavy atom. The van der Waals surface area contributed by atoms with Gasteiger partial charge in [-0.25, -0.2) is 0 Å². The molecule has 1 fully saturated rings. The third-order valence-corrected chi connectivity index (χ3v) is 2.44. The van der Waals surface area contributed by atoms with E-state index in [2.05, 4.69) is 20.8 Å². The number of hydrogen-bond acceptors (Lipinski definition) is 2. The quantitative estimate of drug-likeness (QED) is 0.515. The van der Waals surface area contributed by atoms with E-state index < -0.39 is 0 Å². The predicted molar refractivity (Wildman–Crippen MR) is 38.8 cm³/mol. The second-order valence-corrected chi connectivity index (χ2v) is 4.02. The number of hydrogen-bond donors (Lipinski definition) is 0. The number of rotatable bonds is 1. The summed E-state index contributed by atoms with van der Waals surface area (Å²) in [6.07, 6.45) is 1.04. The van der Waals surface area contributed by atoms with E-state index in [0.29, 0.717) is 13.2 Å². The lowest BCUT2D eigenvalue weighted by atomic mass is 9.66. The normalized spacial score (nSPS) is 23.5. The predicted octanol–water partition coefficient (Wildman–Crippen LogP) is 1.25. The molecule has 0 N–H and O–H groups in total. The lowest BCUT2D eigenvalue weighted by Crippen LogP contribution is -2.53. The number of carbonyl (C=O) groups excluding carboxylic acids is 1. The van der Waals surface area contributed by atoms with E-state index in [-0.39, 0.29) is 10.8 Å². The topological polar surface area (TPSA) is 26.3 Å². The molecule has 0 atom stereocenters. The Kier molecular flexibility index (Phi) is 1.59. The summed E-state index contributed by atoms with van der Waals surface area (Å²) >= 11 is 0. The highest BCUT2D eigenvalue weighted by Gasteiger charge is 2.48. The van der Waals surface area contributed by atoms with Crippen molar-refractivity contribution >= 4 is 6.29 Å². The second-order valence-electron chi connectivity index (χ2n) is 4.02. The van der Waals surface area contributed by atoms with Crippen LogP contribution in [0, 0.1) is 10.8 Å². The lowest BCUT2D eigenvalue weighted by molar-refractivity contribution is -0.172. The van der Waals surface area contributed by atoms with Crippen molar-refractivity contribution in [3.8, 4) is 0 Å². The highest BCUT2D eigenvalue weighted by atomic mass is 16.5. The summed E-state index contributed by atoms with van der Waals surface area (Å²) in [5.41, 5.74) is -0.153. The van der Waals surface area contributed by atoms with Crippen LogP contribution in [0.15, 0.2) is 0 Å². The standard InChI is InChI=1S/C8H14O2/c1-7(2,3)8(4-9)5-10-6-8/h4H,5-6H2,1-3H3. The van der Waals surface area contributed by atoms with Crippen molar-refractivity contribution < 1.29 is 9.53 Å². The van der Waals surface area contributed by atoms with Crippen LogP contribution >= 0.6 is 0 Å². The van der Waals surface area contributed by atoms with Gasteiger partial charge in [-0.05, 0) is 5.41 Å². The molecule has 0 aromatic carbocycles. The van der Waals surface area contributed by atoms with Crippen LogP contribution in [-0.2, 0) is 9.53 Å². The van der Waals surface area contributed by atoms with Gasteiger partial charge in [0.1, 0.15) is 6.29 Å². The van der Waals surface area contributed by atoms with E-state index in [1.807, 2.05) is 0 Å². The summed E-state index contributed by atoms with van der Waals surface area (Å²) in [6.45, 7) is 7.41. The van der Waals surface area contributed by atoms with Gasteiger partial charge in [0.25, 0.3) is 0 Å². The molecule has 1 rings (SSSR count). The number of aldehydes is 1. The minimum Gasteiger partial charge on any atom is -0.379 e. The molecule has 0 aromatic heterocycles. The van der Waals surface area contributed by atoms with E-state index in [0.717, 1.165) is 6.29 Å². The van der Waals surface area contributed by atoms with E-state index in [4.69, 9.17) is 4.74 Å². The van der Waals surface area contributed by atoms with E-state index in [9.17, 15) is 4.79 Å². The Balaban J connectivity index is 2.74. The van der Waals surface area contributed by atoms with Gasteiger partial charge in [0.15, 0.2) is 0 Å². The fourth-order valence-electron chi connectivity index (χ4n) is 1.000. The molecule has 0 amide bonds. The monoisotopic (exact) mass is 142 g/mol. The zero-order chi connectivity index (χ0) is 7.83. The summed E-state index contributed by atoms with van der Waals surface area (Å²) in [7, 11) is 0. The SMILES string of the molecule is CC(C)(C)C1(C=O)COC1. The molecule has 1 aliphatic heterocycles. The van der Waals surface area contributed by atoms with Crippen LogP contribution in [0.25, 0.3) is 0 Å². The van der Waals surface area contributed by atoms with Gasteiger partial charge in [-0.15, -0.1) is 0 Å². The maximum Gasteiger partial charge on any atom is 0.131 e. The zero-order valence-electron chi connectivity index (χ0n) is 6.81. The maximum absolute atomic E-state index is 10.7. The maximum atomic E-state index is 10.7. The van der Waals surface area contributed by atoms with Gasteiger partial charge in [0.05, 0.1) is 18.6 Å². The molecular weight excluding hydrogens is 128 g/mol. The van der Waals surface area contributed by atoms with Crippen molar-refractivity contribution in [3.63, 3.8) is 0 Å². The fraction of sp³-hybridized carbons (Fsp3) is 0.875. The summed E-state index contributed by atoms with van der Waals surface area (Å²) < 4.78 is 5.02. The van der Waals surface area contributed by atoms with Crippen molar-refractivity contribution in [2.24, 2.45) is 10.8 Å². The van der Waals surface area contributed by atoms with Crippen molar-refractivity contribution in [2.45, 2.75) is 20.8 Å². The molecule has 0 saturated carbocycles. The van der Waals surface area contributed by atoms with E-state index in [1.165, 1.54) is 0 Å². The molecule has 0 spiro atoms. The first kappa shape index (κ1) is 7.73. The van der Waals surface area contributed by atoms with Gasteiger partial charge < -0.3 is 9.53 Å². The molecule has 0 aliphatic carbocycles. The van der Waals surface area contributed by atoms with Crippen molar-refractivity contribution in [3.05, 3.63) is 0 Å². The van der Waals surface area contributed by atoms with Gasteiger partial charge in [0.2, 0.25) is 0 Å². The van der Waals surface area contributed by atoms with Crippen LogP contribution in [0.2, 0.25) is 0 Å². The van der Waals surface area contributed by atoms with Gasteiger partial charge in [-0.3, -0.25) is 0 Å². The highest BCUT2D eigenvalue weighted by Crippen LogP contribution is 2.42. The van der Waals surface area contributed by atoms with Gasteiger partial charge in [0, 0.05) is 0 Å².